The summed E-state index contributed by atoms with van der Waals surface area (Å²) >= 11 is 12.1. The Balaban J connectivity index is 1.62. The van der Waals surface area contributed by atoms with Gasteiger partial charge in [-0.15, -0.1) is 0 Å². The van der Waals surface area contributed by atoms with Crippen LogP contribution in [0.1, 0.15) is 32.3 Å². The van der Waals surface area contributed by atoms with Gasteiger partial charge >= 0.3 is 0 Å². The Kier molecular flexibility index (Phi) is 5.11. The Morgan fingerprint density at radius 2 is 1.59 bits per heavy atom. The molecule has 8 nitrogen and oxygen atoms in total. The molecule has 11 heteroatoms. The number of imide groups is 1. The summed E-state index contributed by atoms with van der Waals surface area (Å²) in [5, 5.41) is 11.9. The molecule has 170 valence electrons. The van der Waals surface area contributed by atoms with Crippen LogP contribution in [0.4, 0.5) is 15.8 Å². The van der Waals surface area contributed by atoms with Crippen molar-refractivity contribution >= 4 is 52.3 Å². The Morgan fingerprint density at radius 3 is 2.26 bits per heavy atom. The van der Waals surface area contributed by atoms with Gasteiger partial charge in [-0.25, -0.2) is 4.39 Å². The topological polar surface area (TPSA) is 101 Å². The predicted molar refractivity (Wildman–Crippen MR) is 120 cm³/mol. The molecule has 5 rings (SSSR count). The number of benzene rings is 3. The van der Waals surface area contributed by atoms with Gasteiger partial charge in [0.1, 0.15) is 17.4 Å². The van der Waals surface area contributed by atoms with Gasteiger partial charge in [-0.05, 0) is 42.0 Å². The van der Waals surface area contributed by atoms with Crippen LogP contribution in [0.5, 0.6) is 0 Å². The minimum absolute atomic E-state index is 0.169. The van der Waals surface area contributed by atoms with Crippen LogP contribution in [-0.2, 0) is 4.79 Å². The Morgan fingerprint density at radius 1 is 0.853 bits per heavy atom. The van der Waals surface area contributed by atoms with Crippen LogP contribution in [0.25, 0.3) is 0 Å². The second kappa shape index (κ2) is 7.89. The van der Waals surface area contributed by atoms with E-state index in [-0.39, 0.29) is 21.2 Å². The molecule has 0 aliphatic carbocycles. The van der Waals surface area contributed by atoms with Crippen molar-refractivity contribution in [3.63, 3.8) is 0 Å². The summed E-state index contributed by atoms with van der Waals surface area (Å²) in [4.78, 5) is 52.4. The van der Waals surface area contributed by atoms with Crippen molar-refractivity contribution in [1.82, 2.24) is 4.90 Å². The quantitative estimate of drug-likeness (QED) is 0.222. The van der Waals surface area contributed by atoms with Crippen molar-refractivity contribution < 1.29 is 23.7 Å². The summed E-state index contributed by atoms with van der Waals surface area (Å²) in [6, 6.07) is 11.2. The molecule has 1 fully saturated rings. The zero-order valence-corrected chi connectivity index (χ0v) is 18.5. The van der Waals surface area contributed by atoms with Crippen LogP contribution in [0.15, 0.2) is 60.7 Å². The molecule has 1 saturated heterocycles. The molecule has 2 aliphatic heterocycles. The molecule has 2 unspecified atom stereocenters. The lowest BCUT2D eigenvalue weighted by Gasteiger charge is -2.49. The third kappa shape index (κ3) is 3.16. The first-order chi connectivity index (χ1) is 16.2. The van der Waals surface area contributed by atoms with Crippen molar-refractivity contribution in [2.24, 2.45) is 0 Å². The van der Waals surface area contributed by atoms with Gasteiger partial charge in [0.15, 0.2) is 0 Å². The lowest BCUT2D eigenvalue weighted by molar-refractivity contribution is -0.385. The maximum Gasteiger partial charge on any atom is 0.282 e. The van der Waals surface area contributed by atoms with Gasteiger partial charge in [-0.1, -0.05) is 41.4 Å². The summed E-state index contributed by atoms with van der Waals surface area (Å²) in [5.74, 6) is -3.01. The molecule has 3 aromatic rings. The molecule has 3 aromatic carbocycles. The first-order valence-corrected chi connectivity index (χ1v) is 10.6. The highest BCUT2D eigenvalue weighted by Crippen LogP contribution is 2.46. The van der Waals surface area contributed by atoms with Gasteiger partial charge in [0.05, 0.1) is 26.6 Å². The number of nitrogens with zero attached hydrogens (tertiary/aromatic N) is 3. The molecule has 34 heavy (non-hydrogen) atoms. The van der Waals surface area contributed by atoms with Crippen LogP contribution in [0.3, 0.4) is 0 Å². The minimum atomic E-state index is -1.34. The van der Waals surface area contributed by atoms with E-state index < -0.39 is 46.2 Å². The average molecular weight is 500 g/mol. The van der Waals surface area contributed by atoms with Crippen LogP contribution >= 0.6 is 23.2 Å². The highest BCUT2D eigenvalue weighted by Gasteiger charge is 2.58. The van der Waals surface area contributed by atoms with E-state index in [0.29, 0.717) is 16.2 Å². The second-order valence-corrected chi connectivity index (χ2v) is 8.50. The smallest absolute Gasteiger partial charge is 0.282 e. The molecule has 2 aliphatic rings. The molecule has 0 radical (unpaired) electrons. The Labute approximate surface area is 201 Å². The van der Waals surface area contributed by atoms with Gasteiger partial charge in [0, 0.05) is 11.8 Å². The predicted octanol–water partition coefficient (Wildman–Crippen LogP) is 4.79. The standard InChI is InChI=1S/C23H12Cl2FN3O5/c24-15-8-7-13(10-16(15)25)27-19(11-3-1-4-12(26)9-11)20(23(27)32)28-21(30)14-5-2-6-17(29(33)34)18(14)22(28)31/h1-10,19-20H. The molecule has 0 aromatic heterocycles. The van der Waals surface area contributed by atoms with Crippen molar-refractivity contribution in [3.8, 4) is 0 Å². The Bertz CT molecular complexity index is 1430. The van der Waals surface area contributed by atoms with Gasteiger partial charge < -0.3 is 4.90 Å². The monoisotopic (exact) mass is 499 g/mol. The fourth-order valence-corrected chi connectivity index (χ4v) is 4.65. The summed E-state index contributed by atoms with van der Waals surface area (Å²) in [6.45, 7) is 0. The number of carbonyl (C=O) groups is 3. The first-order valence-electron chi connectivity index (χ1n) is 9.89. The van der Waals surface area contributed by atoms with Gasteiger partial charge in [-0.2, -0.15) is 0 Å². The number of fused-ring (bicyclic) bond motifs is 1. The molecule has 0 saturated carbocycles. The molecule has 0 N–H and O–H groups in total. The fourth-order valence-electron chi connectivity index (χ4n) is 4.36. The molecular formula is C23H12Cl2FN3O5. The summed E-state index contributed by atoms with van der Waals surface area (Å²) < 4.78 is 14.1. The zero-order chi connectivity index (χ0) is 24.3. The summed E-state index contributed by atoms with van der Waals surface area (Å²) in [5.41, 5.74) is -0.433. The number of nitro groups is 1. The fraction of sp³-hybridized carbons (Fsp3) is 0.0870. The number of hydrogen-bond acceptors (Lipinski definition) is 5. The SMILES string of the molecule is O=C1c2cccc([N+](=O)[O-])c2C(=O)N1C1C(=O)N(c2ccc(Cl)c(Cl)c2)C1c1cccc(F)c1. The molecule has 2 heterocycles. The van der Waals surface area contributed by atoms with E-state index in [0.717, 1.165) is 6.07 Å². The number of β-lactam (4-membered cyclic amide) rings is 1. The van der Waals surface area contributed by atoms with Crippen LogP contribution < -0.4 is 4.90 Å². The van der Waals surface area contributed by atoms with E-state index in [9.17, 15) is 28.9 Å². The first kappa shape index (κ1) is 22.0. The van der Waals surface area contributed by atoms with Crippen molar-refractivity contribution in [2.75, 3.05) is 4.90 Å². The Hall–Kier alpha value is -3.82. The summed E-state index contributed by atoms with van der Waals surface area (Å²) in [6.07, 6.45) is 0. The van der Waals surface area contributed by atoms with E-state index in [1.807, 2.05) is 0 Å². The van der Waals surface area contributed by atoms with E-state index >= 15 is 0 Å². The van der Waals surface area contributed by atoms with Gasteiger partial charge in [0.2, 0.25) is 0 Å². The molecule has 0 spiro atoms. The van der Waals surface area contributed by atoms with Gasteiger partial charge in [-0.3, -0.25) is 29.4 Å². The second-order valence-electron chi connectivity index (χ2n) is 7.69. The van der Waals surface area contributed by atoms with Gasteiger partial charge in [0.25, 0.3) is 23.4 Å². The lowest BCUT2D eigenvalue weighted by Crippen LogP contribution is -2.67. The molecular weight excluding hydrogens is 488 g/mol. The van der Waals surface area contributed by atoms with Crippen LogP contribution in [0, 0.1) is 15.9 Å². The van der Waals surface area contributed by atoms with Crippen molar-refractivity contribution in [1.29, 1.82) is 0 Å². The zero-order valence-electron chi connectivity index (χ0n) is 16.9. The number of nitro benzene ring substituents is 1. The maximum absolute atomic E-state index is 14.1. The number of rotatable bonds is 4. The van der Waals surface area contributed by atoms with E-state index in [4.69, 9.17) is 23.2 Å². The lowest BCUT2D eigenvalue weighted by atomic mass is 9.86. The van der Waals surface area contributed by atoms with Crippen LogP contribution in [-0.4, -0.2) is 33.6 Å². The number of hydrogen-bond donors (Lipinski definition) is 0. The molecule has 0 bridgehead atoms. The normalized spacial score (nSPS) is 19.3. The maximum atomic E-state index is 14.1. The summed E-state index contributed by atoms with van der Waals surface area (Å²) in [7, 11) is 0. The van der Waals surface area contributed by atoms with E-state index in [1.54, 1.807) is 6.07 Å². The minimum Gasteiger partial charge on any atom is -0.300 e. The van der Waals surface area contributed by atoms with Crippen molar-refractivity contribution in [3.05, 3.63) is 103 Å². The molecule has 3 amide bonds. The van der Waals surface area contributed by atoms with E-state index in [2.05, 4.69) is 0 Å². The highest BCUT2D eigenvalue weighted by molar-refractivity contribution is 6.42. The third-order valence-electron chi connectivity index (χ3n) is 5.84. The number of amides is 3. The number of halogens is 3. The van der Waals surface area contributed by atoms with Crippen LogP contribution in [0.2, 0.25) is 10.0 Å². The molecule has 2 atom stereocenters. The number of carbonyl (C=O) groups excluding carboxylic acids is 3. The number of anilines is 1. The van der Waals surface area contributed by atoms with Crippen molar-refractivity contribution in [2.45, 2.75) is 12.1 Å². The highest BCUT2D eigenvalue weighted by atomic mass is 35.5. The average Bonchev–Trinajstić information content (AvgIpc) is 3.05. The largest absolute Gasteiger partial charge is 0.300 e. The van der Waals surface area contributed by atoms with E-state index in [1.165, 1.54) is 53.4 Å². The third-order valence-corrected chi connectivity index (χ3v) is 6.58.